The molecule has 4 rings (SSSR count). The third kappa shape index (κ3) is 2.65. The van der Waals surface area contributed by atoms with Crippen molar-refractivity contribution in [2.75, 3.05) is 6.54 Å². The minimum atomic E-state index is 0.861. The first-order chi connectivity index (χ1) is 10.8. The molecule has 0 fully saturated rings. The Morgan fingerprint density at radius 3 is 3.14 bits per heavy atom. The second kappa shape index (κ2) is 5.58. The Morgan fingerprint density at radius 1 is 1.32 bits per heavy atom. The largest absolute Gasteiger partial charge is 0.291 e. The summed E-state index contributed by atoms with van der Waals surface area (Å²) in [7, 11) is 1.92. The van der Waals surface area contributed by atoms with Crippen molar-refractivity contribution in [3.05, 3.63) is 47.2 Å². The zero-order valence-electron chi connectivity index (χ0n) is 12.3. The number of rotatable bonds is 3. The van der Waals surface area contributed by atoms with Crippen LogP contribution in [-0.2, 0) is 26.6 Å². The molecule has 0 saturated carbocycles. The number of aryl methyl sites for hydroxylation is 1. The lowest BCUT2D eigenvalue weighted by Gasteiger charge is -2.26. The number of hydrogen-bond donors (Lipinski definition) is 0. The second-order valence-corrected chi connectivity index (χ2v) is 6.36. The van der Waals surface area contributed by atoms with Gasteiger partial charge in [0.25, 0.3) is 0 Å². The van der Waals surface area contributed by atoms with E-state index in [0.717, 1.165) is 48.0 Å². The summed E-state index contributed by atoms with van der Waals surface area (Å²) in [5, 5.41) is 7.37. The van der Waals surface area contributed by atoms with Gasteiger partial charge in [-0.25, -0.2) is 15.0 Å². The highest BCUT2D eigenvalue weighted by Crippen LogP contribution is 2.24. The molecule has 0 bridgehead atoms. The number of nitrogens with zero attached hydrogens (tertiary/aromatic N) is 6. The van der Waals surface area contributed by atoms with Crippen molar-refractivity contribution < 1.29 is 0 Å². The van der Waals surface area contributed by atoms with Gasteiger partial charge in [0.1, 0.15) is 11.3 Å². The summed E-state index contributed by atoms with van der Waals surface area (Å²) in [6.07, 6.45) is 8.43. The molecule has 3 aromatic heterocycles. The van der Waals surface area contributed by atoms with Crippen molar-refractivity contribution in [3.63, 3.8) is 0 Å². The summed E-state index contributed by atoms with van der Waals surface area (Å²) in [4.78, 5) is 15.6. The molecule has 4 heterocycles. The first-order valence-corrected chi connectivity index (χ1v) is 8.09. The van der Waals surface area contributed by atoms with Gasteiger partial charge in [0.05, 0.1) is 17.6 Å². The maximum atomic E-state index is 4.73. The van der Waals surface area contributed by atoms with E-state index in [1.54, 1.807) is 22.3 Å². The Bertz CT molecular complexity index is 793. The van der Waals surface area contributed by atoms with E-state index in [1.807, 2.05) is 25.6 Å². The lowest BCUT2D eigenvalue weighted by Crippen LogP contribution is -2.30. The van der Waals surface area contributed by atoms with Gasteiger partial charge in [-0.15, -0.1) is 11.3 Å². The monoisotopic (exact) mass is 312 g/mol. The van der Waals surface area contributed by atoms with Crippen LogP contribution in [0.3, 0.4) is 0 Å². The van der Waals surface area contributed by atoms with Crippen LogP contribution in [0.25, 0.3) is 10.6 Å². The molecule has 0 N–H and O–H groups in total. The van der Waals surface area contributed by atoms with E-state index in [4.69, 9.17) is 4.98 Å². The zero-order chi connectivity index (χ0) is 14.9. The van der Waals surface area contributed by atoms with E-state index < -0.39 is 0 Å². The van der Waals surface area contributed by atoms with Crippen molar-refractivity contribution in [3.8, 4) is 10.6 Å². The van der Waals surface area contributed by atoms with E-state index in [0.29, 0.717) is 0 Å². The molecule has 3 aromatic rings. The standard InChI is InChI=1S/C15H16N6S/c1-20-6-12(5-18-20)15-19-13(9-22-15)7-21-3-2-11-4-16-10-17-14(11)8-21/h4-6,9-10H,2-3,7-8H2,1H3. The number of fused-ring (bicyclic) bond motifs is 1. The molecule has 0 unspecified atom stereocenters. The van der Waals surface area contributed by atoms with Crippen LogP contribution in [0.1, 0.15) is 17.0 Å². The highest BCUT2D eigenvalue weighted by Gasteiger charge is 2.18. The number of thiazole rings is 1. The molecular weight excluding hydrogens is 296 g/mol. The molecule has 112 valence electrons. The van der Waals surface area contributed by atoms with Crippen LogP contribution in [0.15, 0.2) is 30.3 Å². The van der Waals surface area contributed by atoms with Gasteiger partial charge in [-0.2, -0.15) is 5.10 Å². The van der Waals surface area contributed by atoms with Crippen molar-refractivity contribution in [1.82, 2.24) is 29.6 Å². The van der Waals surface area contributed by atoms with Crippen LogP contribution in [0, 0.1) is 0 Å². The van der Waals surface area contributed by atoms with Gasteiger partial charge in [0.15, 0.2) is 0 Å². The van der Waals surface area contributed by atoms with Crippen LogP contribution >= 0.6 is 11.3 Å². The van der Waals surface area contributed by atoms with Gasteiger partial charge in [-0.1, -0.05) is 0 Å². The molecule has 0 saturated heterocycles. The average Bonchev–Trinajstić information content (AvgIpc) is 3.16. The van der Waals surface area contributed by atoms with Crippen LogP contribution in [0.5, 0.6) is 0 Å². The first kappa shape index (κ1) is 13.5. The summed E-state index contributed by atoms with van der Waals surface area (Å²) >= 11 is 1.67. The van der Waals surface area contributed by atoms with Crippen LogP contribution in [0.4, 0.5) is 0 Å². The van der Waals surface area contributed by atoms with Crippen molar-refractivity contribution in [2.45, 2.75) is 19.5 Å². The summed E-state index contributed by atoms with van der Waals surface area (Å²) in [5.74, 6) is 0. The normalized spacial score (nSPS) is 15.0. The predicted octanol–water partition coefficient (Wildman–Crippen LogP) is 1.89. The molecule has 22 heavy (non-hydrogen) atoms. The first-order valence-electron chi connectivity index (χ1n) is 7.21. The van der Waals surface area contributed by atoms with Crippen molar-refractivity contribution in [2.24, 2.45) is 7.05 Å². The van der Waals surface area contributed by atoms with Crippen LogP contribution < -0.4 is 0 Å². The fourth-order valence-corrected chi connectivity index (χ4v) is 3.50. The Labute approximate surface area is 132 Å². The maximum Gasteiger partial charge on any atom is 0.126 e. The van der Waals surface area contributed by atoms with Crippen LogP contribution in [0.2, 0.25) is 0 Å². The van der Waals surface area contributed by atoms with E-state index in [-0.39, 0.29) is 0 Å². The third-order valence-corrected chi connectivity index (χ3v) is 4.78. The highest BCUT2D eigenvalue weighted by atomic mass is 32.1. The third-order valence-electron chi connectivity index (χ3n) is 3.84. The summed E-state index contributed by atoms with van der Waals surface area (Å²) < 4.78 is 1.80. The summed E-state index contributed by atoms with van der Waals surface area (Å²) in [5.41, 5.74) is 4.61. The molecule has 0 atom stereocenters. The SMILES string of the molecule is Cn1cc(-c2nc(CN3CCc4cncnc4C3)cs2)cn1. The minimum absolute atomic E-state index is 0.861. The molecule has 6 nitrogen and oxygen atoms in total. The summed E-state index contributed by atoms with van der Waals surface area (Å²) in [6, 6.07) is 0. The maximum absolute atomic E-state index is 4.73. The molecule has 0 spiro atoms. The summed E-state index contributed by atoms with van der Waals surface area (Å²) in [6.45, 7) is 2.76. The zero-order valence-corrected chi connectivity index (χ0v) is 13.1. The fraction of sp³-hybridized carbons (Fsp3) is 0.333. The van der Waals surface area contributed by atoms with E-state index in [9.17, 15) is 0 Å². The Hall–Kier alpha value is -2.12. The van der Waals surface area contributed by atoms with Gasteiger partial charge in [-0.3, -0.25) is 9.58 Å². The Balaban J connectivity index is 1.47. The second-order valence-electron chi connectivity index (χ2n) is 5.50. The highest BCUT2D eigenvalue weighted by molar-refractivity contribution is 7.13. The number of aromatic nitrogens is 5. The molecular formula is C15H16N6S. The Kier molecular flexibility index (Phi) is 3.44. The quantitative estimate of drug-likeness (QED) is 0.739. The molecule has 0 aliphatic carbocycles. The fourth-order valence-electron chi connectivity index (χ4n) is 2.71. The molecule has 1 aliphatic rings. The Morgan fingerprint density at radius 2 is 2.27 bits per heavy atom. The predicted molar refractivity (Wildman–Crippen MR) is 84.2 cm³/mol. The lowest BCUT2D eigenvalue weighted by atomic mass is 10.1. The molecule has 0 radical (unpaired) electrons. The molecule has 0 aromatic carbocycles. The van der Waals surface area contributed by atoms with E-state index in [1.165, 1.54) is 5.56 Å². The topological polar surface area (TPSA) is 59.7 Å². The van der Waals surface area contributed by atoms with Gasteiger partial charge in [-0.05, 0) is 12.0 Å². The van der Waals surface area contributed by atoms with Crippen LogP contribution in [-0.4, -0.2) is 36.2 Å². The smallest absolute Gasteiger partial charge is 0.126 e. The van der Waals surface area contributed by atoms with Gasteiger partial charge < -0.3 is 0 Å². The molecule has 7 heteroatoms. The molecule has 1 aliphatic heterocycles. The average molecular weight is 312 g/mol. The van der Waals surface area contributed by atoms with Gasteiger partial charge >= 0.3 is 0 Å². The van der Waals surface area contributed by atoms with Crippen molar-refractivity contribution in [1.29, 1.82) is 0 Å². The van der Waals surface area contributed by atoms with E-state index >= 15 is 0 Å². The molecule has 0 amide bonds. The number of hydrogen-bond acceptors (Lipinski definition) is 6. The van der Waals surface area contributed by atoms with Gasteiger partial charge in [0.2, 0.25) is 0 Å². The lowest BCUT2D eigenvalue weighted by molar-refractivity contribution is 0.239. The van der Waals surface area contributed by atoms with Gasteiger partial charge in [0, 0.05) is 50.0 Å². The van der Waals surface area contributed by atoms with E-state index in [2.05, 4.69) is 25.3 Å². The minimum Gasteiger partial charge on any atom is -0.291 e. The van der Waals surface area contributed by atoms with Crippen molar-refractivity contribution >= 4 is 11.3 Å².